The second-order valence-electron chi connectivity index (χ2n) is 6.65. The molecule has 4 atom stereocenters. The van der Waals surface area contributed by atoms with Gasteiger partial charge in [0.1, 0.15) is 6.04 Å². The molecule has 2 aliphatic rings. The summed E-state index contributed by atoms with van der Waals surface area (Å²) in [4.78, 5) is 26.6. The number of nitrogens with zero attached hydrogens (tertiary/aromatic N) is 1. The van der Waals surface area contributed by atoms with E-state index >= 15 is 0 Å². The highest BCUT2D eigenvalue weighted by molar-refractivity contribution is 5.87. The van der Waals surface area contributed by atoms with Gasteiger partial charge in [0.05, 0.1) is 19.1 Å². The topological polar surface area (TPSA) is 76.1 Å². The van der Waals surface area contributed by atoms with Crippen molar-refractivity contribution in [3.8, 4) is 0 Å². The van der Waals surface area contributed by atoms with Crippen LogP contribution in [-0.4, -0.2) is 47.4 Å². The average Bonchev–Trinajstić information content (AvgIpc) is 3.18. The Labute approximate surface area is 141 Å². The van der Waals surface area contributed by atoms with Crippen LogP contribution >= 0.6 is 0 Å². The molecule has 6 heteroatoms. The lowest BCUT2D eigenvalue weighted by Crippen LogP contribution is -2.44. The molecule has 0 spiro atoms. The van der Waals surface area contributed by atoms with Gasteiger partial charge in [-0.1, -0.05) is 30.3 Å². The van der Waals surface area contributed by atoms with Crippen molar-refractivity contribution >= 4 is 11.9 Å². The molecule has 6 nitrogen and oxygen atoms in total. The summed E-state index contributed by atoms with van der Waals surface area (Å²) in [6.45, 7) is 2.09. The van der Waals surface area contributed by atoms with E-state index in [0.29, 0.717) is 13.0 Å². The number of benzene rings is 1. The Hall–Kier alpha value is -1.92. The molecular formula is C18H23NO5. The lowest BCUT2D eigenvalue weighted by Gasteiger charge is -2.27. The minimum Gasteiger partial charge on any atom is -0.467 e. The fourth-order valence-corrected chi connectivity index (χ4v) is 3.70. The number of hydrogen-bond donors (Lipinski definition) is 1. The number of carbonyl (C=O) groups is 2. The van der Waals surface area contributed by atoms with Gasteiger partial charge >= 0.3 is 5.97 Å². The zero-order chi connectivity index (χ0) is 17.3. The molecule has 1 aromatic carbocycles. The maximum Gasteiger partial charge on any atom is 0.328 e. The van der Waals surface area contributed by atoms with Gasteiger partial charge in [0.2, 0.25) is 5.91 Å². The van der Waals surface area contributed by atoms with Crippen molar-refractivity contribution in [3.05, 3.63) is 35.9 Å². The highest BCUT2D eigenvalue weighted by Crippen LogP contribution is 2.44. The second-order valence-corrected chi connectivity index (χ2v) is 6.65. The normalized spacial score (nSPS) is 32.8. The minimum atomic E-state index is -1.36. The summed E-state index contributed by atoms with van der Waals surface area (Å²) in [6, 6.07) is 8.87. The number of likely N-dealkylation sites (tertiary alicyclic amines) is 1. The van der Waals surface area contributed by atoms with Gasteiger partial charge in [0, 0.05) is 13.0 Å². The summed E-state index contributed by atoms with van der Waals surface area (Å²) in [5.41, 5.74) is 0.849. The van der Waals surface area contributed by atoms with Crippen LogP contribution < -0.4 is 0 Å². The van der Waals surface area contributed by atoms with Crippen molar-refractivity contribution in [2.75, 3.05) is 13.7 Å². The van der Waals surface area contributed by atoms with E-state index in [4.69, 9.17) is 9.47 Å². The van der Waals surface area contributed by atoms with Crippen LogP contribution in [0, 0.1) is 5.92 Å². The largest absolute Gasteiger partial charge is 0.467 e. The van der Waals surface area contributed by atoms with Gasteiger partial charge in [-0.3, -0.25) is 4.79 Å². The highest BCUT2D eigenvalue weighted by atomic mass is 16.6. The van der Waals surface area contributed by atoms with E-state index in [0.717, 1.165) is 12.0 Å². The van der Waals surface area contributed by atoms with Crippen LogP contribution in [-0.2, 0) is 19.1 Å². The van der Waals surface area contributed by atoms with Crippen molar-refractivity contribution in [1.29, 1.82) is 0 Å². The van der Waals surface area contributed by atoms with Crippen molar-refractivity contribution in [1.82, 2.24) is 4.90 Å². The summed E-state index contributed by atoms with van der Waals surface area (Å²) in [5.74, 6) is -2.42. The first-order chi connectivity index (χ1) is 11.4. The van der Waals surface area contributed by atoms with Gasteiger partial charge in [-0.2, -0.15) is 0 Å². The molecular weight excluding hydrogens is 310 g/mol. The molecule has 2 heterocycles. The molecule has 3 rings (SSSR count). The molecule has 0 aromatic heterocycles. The van der Waals surface area contributed by atoms with Crippen LogP contribution in [0.3, 0.4) is 0 Å². The Morgan fingerprint density at radius 3 is 2.71 bits per heavy atom. The summed E-state index contributed by atoms with van der Waals surface area (Å²) >= 11 is 0. The summed E-state index contributed by atoms with van der Waals surface area (Å²) in [6.07, 6.45) is 1.06. The van der Waals surface area contributed by atoms with Crippen LogP contribution in [0.1, 0.15) is 37.9 Å². The number of ether oxygens (including phenoxy) is 2. The summed E-state index contributed by atoms with van der Waals surface area (Å²) < 4.78 is 10.6. The maximum absolute atomic E-state index is 13.1. The number of hydrogen-bond acceptors (Lipinski definition) is 5. The zero-order valence-corrected chi connectivity index (χ0v) is 14.0. The lowest BCUT2D eigenvalue weighted by atomic mass is 9.92. The summed E-state index contributed by atoms with van der Waals surface area (Å²) in [5, 5.41) is 10.3. The van der Waals surface area contributed by atoms with Crippen LogP contribution in [0.15, 0.2) is 30.3 Å². The monoisotopic (exact) mass is 333 g/mol. The van der Waals surface area contributed by atoms with Gasteiger partial charge < -0.3 is 19.5 Å². The molecule has 2 saturated heterocycles. The smallest absolute Gasteiger partial charge is 0.328 e. The quantitative estimate of drug-likeness (QED) is 0.851. The fourth-order valence-electron chi connectivity index (χ4n) is 3.70. The number of esters is 1. The molecule has 1 N–H and O–H groups in total. The molecule has 2 aliphatic heterocycles. The molecule has 0 aliphatic carbocycles. The summed E-state index contributed by atoms with van der Waals surface area (Å²) in [7, 11) is 1.33. The third-order valence-electron chi connectivity index (χ3n) is 4.80. The zero-order valence-electron chi connectivity index (χ0n) is 14.0. The SMILES string of the molecule is COC(=O)[C@@H]1CCCN1C(=O)[C@H]1C[C@@](C)(O)O[C@@H]1c1ccccc1. The Bertz CT molecular complexity index is 615. The fraction of sp³-hybridized carbons (Fsp3) is 0.556. The third-order valence-corrected chi connectivity index (χ3v) is 4.80. The van der Waals surface area contributed by atoms with E-state index in [2.05, 4.69) is 0 Å². The van der Waals surface area contributed by atoms with Gasteiger partial charge in [0.25, 0.3) is 0 Å². The van der Waals surface area contributed by atoms with E-state index in [1.807, 2.05) is 30.3 Å². The first kappa shape index (κ1) is 16.9. The Morgan fingerprint density at radius 2 is 2.04 bits per heavy atom. The predicted octanol–water partition coefficient (Wildman–Crippen LogP) is 1.64. The number of rotatable bonds is 3. The molecule has 2 fully saturated rings. The Morgan fingerprint density at radius 1 is 1.33 bits per heavy atom. The van der Waals surface area contributed by atoms with Crippen molar-refractivity contribution < 1.29 is 24.2 Å². The molecule has 24 heavy (non-hydrogen) atoms. The molecule has 0 bridgehead atoms. The lowest BCUT2D eigenvalue weighted by molar-refractivity contribution is -0.180. The van der Waals surface area contributed by atoms with Gasteiger partial charge in [-0.05, 0) is 25.3 Å². The Balaban J connectivity index is 1.85. The number of methoxy groups -OCH3 is 1. The van der Waals surface area contributed by atoms with E-state index in [1.54, 1.807) is 11.8 Å². The molecule has 0 unspecified atom stereocenters. The van der Waals surface area contributed by atoms with Crippen LogP contribution in [0.4, 0.5) is 0 Å². The van der Waals surface area contributed by atoms with E-state index in [1.165, 1.54) is 7.11 Å². The highest BCUT2D eigenvalue weighted by Gasteiger charge is 2.49. The van der Waals surface area contributed by atoms with Crippen LogP contribution in [0.5, 0.6) is 0 Å². The standard InChI is InChI=1S/C18H23NO5/c1-18(22)11-13(15(24-18)12-7-4-3-5-8-12)16(20)19-10-6-9-14(19)17(21)23-2/h3-5,7-8,13-15,22H,6,9-11H2,1-2H3/t13-,14-,15+,18-/m0/s1. The van der Waals surface area contributed by atoms with Crippen LogP contribution in [0.2, 0.25) is 0 Å². The third kappa shape index (κ3) is 3.16. The van der Waals surface area contributed by atoms with Crippen molar-refractivity contribution in [2.24, 2.45) is 5.92 Å². The molecule has 1 amide bonds. The maximum atomic E-state index is 13.1. The van der Waals surface area contributed by atoms with E-state index in [9.17, 15) is 14.7 Å². The van der Waals surface area contributed by atoms with Gasteiger partial charge in [-0.25, -0.2) is 4.79 Å². The molecule has 0 saturated carbocycles. The van der Waals surface area contributed by atoms with Crippen molar-refractivity contribution in [2.45, 2.75) is 44.1 Å². The van der Waals surface area contributed by atoms with Crippen LogP contribution in [0.25, 0.3) is 0 Å². The Kier molecular flexibility index (Phi) is 4.60. The molecule has 130 valence electrons. The first-order valence-electron chi connectivity index (χ1n) is 8.26. The van der Waals surface area contributed by atoms with Crippen molar-refractivity contribution in [3.63, 3.8) is 0 Å². The minimum absolute atomic E-state index is 0.158. The predicted molar refractivity (Wildman–Crippen MR) is 85.7 cm³/mol. The number of carbonyl (C=O) groups excluding carboxylic acids is 2. The first-order valence-corrected chi connectivity index (χ1v) is 8.26. The van der Waals surface area contributed by atoms with E-state index < -0.39 is 23.9 Å². The molecule has 0 radical (unpaired) electrons. The van der Waals surface area contributed by atoms with E-state index in [-0.39, 0.29) is 18.3 Å². The second kappa shape index (κ2) is 6.53. The van der Waals surface area contributed by atoms with Gasteiger partial charge in [0.15, 0.2) is 5.79 Å². The van der Waals surface area contributed by atoms with Gasteiger partial charge in [-0.15, -0.1) is 0 Å². The number of aliphatic hydroxyl groups is 1. The average molecular weight is 333 g/mol. The number of amides is 1. The molecule has 1 aromatic rings.